The SMILES string of the molecule is CCOC(=O)c1c(C)c(C(=O)[C@H](C)N(Cc2ccc(F)cc2)C(=O)c2cccs2)c(C)n1CC. The smallest absolute Gasteiger partial charge is 0.355 e. The molecular formula is C26H29FN2O4S. The van der Waals surface area contributed by atoms with Crippen LogP contribution >= 0.6 is 11.3 Å². The fourth-order valence-electron chi connectivity index (χ4n) is 4.18. The van der Waals surface area contributed by atoms with Gasteiger partial charge in [-0.2, -0.15) is 0 Å². The first-order valence-corrected chi connectivity index (χ1v) is 12.1. The van der Waals surface area contributed by atoms with E-state index in [2.05, 4.69) is 0 Å². The number of esters is 1. The number of carbonyl (C=O) groups excluding carboxylic acids is 3. The van der Waals surface area contributed by atoms with Crippen LogP contribution in [0.5, 0.6) is 0 Å². The summed E-state index contributed by atoms with van der Waals surface area (Å²) in [5.41, 5.74) is 2.68. The van der Waals surface area contributed by atoms with Crippen LogP contribution in [-0.4, -0.2) is 39.8 Å². The standard InChI is InChI=1S/C26H29FN2O4S/c1-6-28-17(4)22(16(3)23(28)26(32)33-7-2)24(30)18(5)29(25(31)21-9-8-14-34-21)15-19-10-12-20(27)13-11-19/h8-14,18H,6-7,15H2,1-5H3/t18-/m0/s1. The molecule has 0 aliphatic carbocycles. The Morgan fingerprint density at radius 2 is 1.79 bits per heavy atom. The van der Waals surface area contributed by atoms with Gasteiger partial charge in [0.1, 0.15) is 11.5 Å². The maximum atomic E-state index is 13.8. The molecule has 34 heavy (non-hydrogen) atoms. The van der Waals surface area contributed by atoms with E-state index in [1.165, 1.54) is 28.4 Å². The third-order valence-electron chi connectivity index (χ3n) is 5.90. The van der Waals surface area contributed by atoms with Crippen LogP contribution in [-0.2, 0) is 17.8 Å². The Labute approximate surface area is 203 Å². The monoisotopic (exact) mass is 484 g/mol. The number of hydrogen-bond donors (Lipinski definition) is 0. The van der Waals surface area contributed by atoms with Gasteiger partial charge in [-0.1, -0.05) is 18.2 Å². The summed E-state index contributed by atoms with van der Waals surface area (Å²) in [5.74, 6) is -1.40. The van der Waals surface area contributed by atoms with E-state index in [1.807, 2.05) is 6.92 Å². The van der Waals surface area contributed by atoms with Crippen LogP contribution in [0.4, 0.5) is 4.39 Å². The summed E-state index contributed by atoms with van der Waals surface area (Å²) in [7, 11) is 0. The zero-order valence-electron chi connectivity index (χ0n) is 20.1. The highest BCUT2D eigenvalue weighted by atomic mass is 32.1. The van der Waals surface area contributed by atoms with E-state index in [0.29, 0.717) is 39.5 Å². The maximum absolute atomic E-state index is 13.8. The highest BCUT2D eigenvalue weighted by Crippen LogP contribution is 2.27. The predicted molar refractivity (Wildman–Crippen MR) is 130 cm³/mol. The minimum Gasteiger partial charge on any atom is -0.461 e. The molecule has 0 N–H and O–H groups in total. The van der Waals surface area contributed by atoms with Gasteiger partial charge in [-0.05, 0) is 69.3 Å². The molecule has 1 atom stereocenters. The number of halogens is 1. The quantitative estimate of drug-likeness (QED) is 0.301. The number of rotatable bonds is 9. The minimum atomic E-state index is -0.820. The minimum absolute atomic E-state index is 0.140. The Balaban J connectivity index is 2.03. The molecule has 2 aromatic heterocycles. The van der Waals surface area contributed by atoms with Crippen LogP contribution in [0.3, 0.4) is 0 Å². The molecular weight excluding hydrogens is 455 g/mol. The fraction of sp³-hybridized carbons (Fsp3) is 0.346. The van der Waals surface area contributed by atoms with Gasteiger partial charge in [-0.15, -0.1) is 11.3 Å². The van der Waals surface area contributed by atoms with Crippen molar-refractivity contribution in [3.05, 3.63) is 80.6 Å². The van der Waals surface area contributed by atoms with Crippen molar-refractivity contribution in [1.82, 2.24) is 9.47 Å². The number of ether oxygens (including phenoxy) is 1. The number of hydrogen-bond acceptors (Lipinski definition) is 5. The fourth-order valence-corrected chi connectivity index (χ4v) is 4.86. The zero-order chi connectivity index (χ0) is 25.0. The summed E-state index contributed by atoms with van der Waals surface area (Å²) in [6.45, 7) is 9.71. The van der Waals surface area contributed by atoms with Crippen molar-refractivity contribution in [1.29, 1.82) is 0 Å². The Morgan fingerprint density at radius 3 is 2.35 bits per heavy atom. The van der Waals surface area contributed by atoms with Crippen LogP contribution < -0.4 is 0 Å². The lowest BCUT2D eigenvalue weighted by molar-refractivity contribution is 0.0512. The van der Waals surface area contributed by atoms with Gasteiger partial charge >= 0.3 is 5.97 Å². The third kappa shape index (κ3) is 4.97. The normalized spacial score (nSPS) is 11.8. The van der Waals surface area contributed by atoms with E-state index in [1.54, 1.807) is 61.9 Å². The predicted octanol–water partition coefficient (Wildman–Crippen LogP) is 5.42. The zero-order valence-corrected chi connectivity index (χ0v) is 20.9. The lowest BCUT2D eigenvalue weighted by Gasteiger charge is -2.28. The van der Waals surface area contributed by atoms with Crippen molar-refractivity contribution in [2.45, 2.75) is 53.8 Å². The highest BCUT2D eigenvalue weighted by Gasteiger charge is 2.33. The van der Waals surface area contributed by atoms with E-state index in [-0.39, 0.29) is 30.7 Å². The Bertz CT molecular complexity index is 1180. The molecule has 0 bridgehead atoms. The van der Waals surface area contributed by atoms with Gasteiger partial charge in [0.05, 0.1) is 17.5 Å². The molecule has 0 aliphatic rings. The number of Topliss-reactive ketones (excluding diaryl/α,β-unsaturated/α-hetero) is 1. The van der Waals surface area contributed by atoms with Crippen molar-refractivity contribution in [2.75, 3.05) is 6.61 Å². The molecule has 2 heterocycles. The lowest BCUT2D eigenvalue weighted by Crippen LogP contribution is -2.43. The van der Waals surface area contributed by atoms with E-state index in [9.17, 15) is 18.8 Å². The number of ketones is 1. The Kier molecular flexibility index (Phi) is 8.04. The van der Waals surface area contributed by atoms with Gasteiger partial charge in [0.2, 0.25) is 0 Å². The number of thiophene rings is 1. The molecule has 8 heteroatoms. The summed E-state index contributed by atoms with van der Waals surface area (Å²) in [6, 6.07) is 8.54. The van der Waals surface area contributed by atoms with E-state index < -0.39 is 12.0 Å². The molecule has 0 radical (unpaired) electrons. The summed E-state index contributed by atoms with van der Waals surface area (Å²) in [5, 5.41) is 1.80. The average molecular weight is 485 g/mol. The van der Waals surface area contributed by atoms with Crippen LogP contribution in [0, 0.1) is 19.7 Å². The van der Waals surface area contributed by atoms with Crippen molar-refractivity contribution in [2.24, 2.45) is 0 Å². The second-order valence-corrected chi connectivity index (χ2v) is 8.92. The maximum Gasteiger partial charge on any atom is 0.355 e. The molecule has 0 spiro atoms. The van der Waals surface area contributed by atoms with Gasteiger partial charge < -0.3 is 14.2 Å². The van der Waals surface area contributed by atoms with Crippen LogP contribution in [0.25, 0.3) is 0 Å². The molecule has 1 amide bonds. The molecule has 0 unspecified atom stereocenters. The largest absolute Gasteiger partial charge is 0.461 e. The van der Waals surface area contributed by atoms with Crippen LogP contribution in [0.1, 0.15) is 68.1 Å². The second kappa shape index (κ2) is 10.8. The van der Waals surface area contributed by atoms with Crippen molar-refractivity contribution in [3.63, 3.8) is 0 Å². The molecule has 0 fully saturated rings. The van der Waals surface area contributed by atoms with Crippen molar-refractivity contribution >= 4 is 29.0 Å². The Hall–Kier alpha value is -3.26. The molecule has 0 saturated carbocycles. The van der Waals surface area contributed by atoms with Gasteiger partial charge in [0.25, 0.3) is 5.91 Å². The molecule has 6 nitrogen and oxygen atoms in total. The number of aromatic nitrogens is 1. The molecule has 3 aromatic rings. The topological polar surface area (TPSA) is 68.6 Å². The van der Waals surface area contributed by atoms with Gasteiger partial charge in [-0.25, -0.2) is 9.18 Å². The number of amides is 1. The molecule has 1 aromatic carbocycles. The van der Waals surface area contributed by atoms with Gasteiger partial charge in [-0.3, -0.25) is 9.59 Å². The first-order valence-electron chi connectivity index (χ1n) is 11.2. The molecule has 180 valence electrons. The summed E-state index contributed by atoms with van der Waals surface area (Å²) >= 11 is 1.30. The van der Waals surface area contributed by atoms with E-state index >= 15 is 0 Å². The Morgan fingerprint density at radius 1 is 1.12 bits per heavy atom. The van der Waals surface area contributed by atoms with Gasteiger partial charge in [0.15, 0.2) is 5.78 Å². The second-order valence-electron chi connectivity index (χ2n) is 7.98. The molecule has 0 saturated heterocycles. The summed E-state index contributed by atoms with van der Waals surface area (Å²) in [6.07, 6.45) is 0. The lowest BCUT2D eigenvalue weighted by atomic mass is 9.99. The number of nitrogens with zero attached hydrogens (tertiary/aromatic N) is 2. The highest BCUT2D eigenvalue weighted by molar-refractivity contribution is 7.12. The third-order valence-corrected chi connectivity index (χ3v) is 6.76. The summed E-state index contributed by atoms with van der Waals surface area (Å²) < 4.78 is 20.4. The molecule has 0 aliphatic heterocycles. The van der Waals surface area contributed by atoms with E-state index in [4.69, 9.17) is 4.74 Å². The van der Waals surface area contributed by atoms with Crippen LogP contribution in [0.15, 0.2) is 41.8 Å². The van der Waals surface area contributed by atoms with Crippen molar-refractivity contribution in [3.8, 4) is 0 Å². The average Bonchev–Trinajstić information content (AvgIpc) is 3.44. The first-order chi connectivity index (χ1) is 16.2. The van der Waals surface area contributed by atoms with Crippen LogP contribution in [0.2, 0.25) is 0 Å². The van der Waals surface area contributed by atoms with Gasteiger partial charge in [0, 0.05) is 24.3 Å². The van der Waals surface area contributed by atoms with Crippen molar-refractivity contribution < 1.29 is 23.5 Å². The number of benzene rings is 1. The van der Waals surface area contributed by atoms with E-state index in [0.717, 1.165) is 0 Å². The number of carbonyl (C=O) groups is 3. The first kappa shape index (κ1) is 25.4. The molecule has 3 rings (SSSR count). The summed E-state index contributed by atoms with van der Waals surface area (Å²) in [4.78, 5) is 41.8.